The molecule has 0 bridgehead atoms. The molecular weight excluding hydrogens is 284 g/mol. The van der Waals surface area contributed by atoms with Crippen molar-refractivity contribution in [3.8, 4) is 0 Å². The second-order valence-electron chi connectivity index (χ2n) is 5.53. The highest BCUT2D eigenvalue weighted by atomic mass is 16.5. The standard InChI is InChI=1S/C16H20N2O4/c1-2-5-12-11-21-9-8-17(12)15(19)10-18-13-6-3-4-7-14(13)22-16(18)20/h3-4,6-7,12H,2,5,8-11H2,1H3/t12-/m0/s1. The van der Waals surface area contributed by atoms with E-state index in [4.69, 9.17) is 9.15 Å². The van der Waals surface area contributed by atoms with E-state index in [1.165, 1.54) is 4.57 Å². The minimum Gasteiger partial charge on any atom is -0.408 e. The van der Waals surface area contributed by atoms with Gasteiger partial charge in [-0.2, -0.15) is 0 Å². The topological polar surface area (TPSA) is 64.7 Å². The van der Waals surface area contributed by atoms with Crippen molar-refractivity contribution in [2.75, 3.05) is 19.8 Å². The second-order valence-corrected chi connectivity index (χ2v) is 5.53. The van der Waals surface area contributed by atoms with Crippen LogP contribution in [0.1, 0.15) is 19.8 Å². The fourth-order valence-corrected chi connectivity index (χ4v) is 2.95. The number of aromatic nitrogens is 1. The van der Waals surface area contributed by atoms with Crippen LogP contribution >= 0.6 is 0 Å². The molecule has 0 spiro atoms. The fourth-order valence-electron chi connectivity index (χ4n) is 2.95. The molecule has 118 valence electrons. The van der Waals surface area contributed by atoms with Gasteiger partial charge in [0.05, 0.1) is 24.8 Å². The summed E-state index contributed by atoms with van der Waals surface area (Å²) < 4.78 is 12.0. The Kier molecular flexibility index (Phi) is 4.29. The van der Waals surface area contributed by atoms with E-state index in [2.05, 4.69) is 6.92 Å². The van der Waals surface area contributed by atoms with Crippen LogP contribution < -0.4 is 5.76 Å². The number of nitrogens with zero attached hydrogens (tertiary/aromatic N) is 2. The Morgan fingerprint density at radius 3 is 3.00 bits per heavy atom. The highest BCUT2D eigenvalue weighted by Gasteiger charge is 2.27. The van der Waals surface area contributed by atoms with E-state index in [-0.39, 0.29) is 18.5 Å². The summed E-state index contributed by atoms with van der Waals surface area (Å²) >= 11 is 0. The van der Waals surface area contributed by atoms with Gasteiger partial charge in [0.15, 0.2) is 5.58 Å². The second kappa shape index (κ2) is 6.36. The maximum absolute atomic E-state index is 12.6. The molecule has 1 aliphatic rings. The molecule has 1 saturated heterocycles. The van der Waals surface area contributed by atoms with Gasteiger partial charge < -0.3 is 14.1 Å². The highest BCUT2D eigenvalue weighted by molar-refractivity contribution is 5.80. The van der Waals surface area contributed by atoms with Crippen LogP contribution in [0, 0.1) is 0 Å². The van der Waals surface area contributed by atoms with Crippen molar-refractivity contribution in [1.29, 1.82) is 0 Å². The van der Waals surface area contributed by atoms with Gasteiger partial charge in [-0.25, -0.2) is 4.79 Å². The number of hydrogen-bond acceptors (Lipinski definition) is 4. The number of fused-ring (bicyclic) bond motifs is 1. The lowest BCUT2D eigenvalue weighted by atomic mass is 10.1. The van der Waals surface area contributed by atoms with Gasteiger partial charge in [-0.15, -0.1) is 0 Å². The predicted octanol–water partition coefficient (Wildman–Crippen LogP) is 1.62. The Morgan fingerprint density at radius 2 is 2.18 bits per heavy atom. The van der Waals surface area contributed by atoms with E-state index in [0.717, 1.165) is 12.8 Å². The minimum absolute atomic E-state index is 0.00998. The van der Waals surface area contributed by atoms with Gasteiger partial charge in [0.2, 0.25) is 5.91 Å². The van der Waals surface area contributed by atoms with E-state index in [0.29, 0.717) is 30.9 Å². The maximum Gasteiger partial charge on any atom is 0.420 e. The van der Waals surface area contributed by atoms with Crippen molar-refractivity contribution < 1.29 is 13.9 Å². The Labute approximate surface area is 128 Å². The van der Waals surface area contributed by atoms with Crippen molar-refractivity contribution in [3.05, 3.63) is 34.8 Å². The summed E-state index contributed by atoms with van der Waals surface area (Å²) in [4.78, 5) is 26.4. The number of carbonyl (C=O) groups excluding carboxylic acids is 1. The van der Waals surface area contributed by atoms with Crippen molar-refractivity contribution in [2.45, 2.75) is 32.4 Å². The van der Waals surface area contributed by atoms with Gasteiger partial charge in [-0.1, -0.05) is 25.5 Å². The molecule has 0 radical (unpaired) electrons. The van der Waals surface area contributed by atoms with Crippen LogP contribution in [-0.2, 0) is 16.1 Å². The van der Waals surface area contributed by atoms with E-state index < -0.39 is 5.76 Å². The monoisotopic (exact) mass is 304 g/mol. The lowest BCUT2D eigenvalue weighted by Crippen LogP contribution is -2.50. The smallest absolute Gasteiger partial charge is 0.408 e. The van der Waals surface area contributed by atoms with Gasteiger partial charge in [0, 0.05) is 6.54 Å². The Bertz CT molecular complexity index is 716. The number of para-hydroxylation sites is 2. The molecular formula is C16H20N2O4. The van der Waals surface area contributed by atoms with E-state index in [1.54, 1.807) is 18.2 Å². The number of morpholine rings is 1. The quantitative estimate of drug-likeness (QED) is 0.861. The van der Waals surface area contributed by atoms with Crippen LogP contribution in [0.3, 0.4) is 0 Å². The zero-order valence-corrected chi connectivity index (χ0v) is 12.7. The zero-order valence-electron chi connectivity index (χ0n) is 12.7. The van der Waals surface area contributed by atoms with Crippen molar-refractivity contribution in [2.24, 2.45) is 0 Å². The summed E-state index contributed by atoms with van der Waals surface area (Å²) in [6.07, 6.45) is 1.90. The molecule has 3 rings (SSSR count). The number of oxazole rings is 1. The van der Waals surface area contributed by atoms with Gasteiger partial charge in [0.25, 0.3) is 0 Å². The number of carbonyl (C=O) groups is 1. The van der Waals surface area contributed by atoms with Gasteiger partial charge in [-0.3, -0.25) is 9.36 Å². The molecule has 1 amide bonds. The summed E-state index contributed by atoms with van der Waals surface area (Å²) in [5.41, 5.74) is 1.16. The molecule has 1 aromatic heterocycles. The first-order chi connectivity index (χ1) is 10.7. The molecule has 0 unspecified atom stereocenters. The summed E-state index contributed by atoms with van der Waals surface area (Å²) in [6, 6.07) is 7.24. The first-order valence-electron chi connectivity index (χ1n) is 7.66. The third-order valence-electron chi connectivity index (χ3n) is 4.04. The molecule has 1 aromatic carbocycles. The third kappa shape index (κ3) is 2.78. The molecule has 6 nitrogen and oxygen atoms in total. The lowest BCUT2D eigenvalue weighted by Gasteiger charge is -2.35. The van der Waals surface area contributed by atoms with Gasteiger partial charge >= 0.3 is 5.76 Å². The summed E-state index contributed by atoms with van der Waals surface area (Å²) in [6.45, 7) is 3.79. The molecule has 0 saturated carbocycles. The first-order valence-corrected chi connectivity index (χ1v) is 7.66. The van der Waals surface area contributed by atoms with Crippen LogP contribution in [0.5, 0.6) is 0 Å². The van der Waals surface area contributed by atoms with Crippen LogP contribution in [-0.4, -0.2) is 41.2 Å². The Hall–Kier alpha value is -2.08. The molecule has 22 heavy (non-hydrogen) atoms. The fraction of sp³-hybridized carbons (Fsp3) is 0.500. The van der Waals surface area contributed by atoms with Crippen LogP contribution in [0.15, 0.2) is 33.5 Å². The molecule has 6 heteroatoms. The number of amides is 1. The lowest BCUT2D eigenvalue weighted by molar-refractivity contribution is -0.140. The molecule has 1 aliphatic heterocycles. The van der Waals surface area contributed by atoms with Crippen LogP contribution in [0.2, 0.25) is 0 Å². The summed E-state index contributed by atoms with van der Waals surface area (Å²) in [7, 11) is 0. The SMILES string of the molecule is CCC[C@H]1COCCN1C(=O)Cn1c(=O)oc2ccccc21. The number of ether oxygens (including phenoxy) is 1. The van der Waals surface area contributed by atoms with E-state index in [1.807, 2.05) is 11.0 Å². The van der Waals surface area contributed by atoms with Crippen molar-refractivity contribution in [3.63, 3.8) is 0 Å². The third-order valence-corrected chi connectivity index (χ3v) is 4.04. The molecule has 0 aliphatic carbocycles. The van der Waals surface area contributed by atoms with Crippen LogP contribution in [0.25, 0.3) is 11.1 Å². The molecule has 1 atom stereocenters. The van der Waals surface area contributed by atoms with Gasteiger partial charge in [-0.05, 0) is 18.6 Å². The van der Waals surface area contributed by atoms with Gasteiger partial charge in [0.1, 0.15) is 6.54 Å². The average Bonchev–Trinajstić information content (AvgIpc) is 2.84. The molecule has 2 heterocycles. The van der Waals surface area contributed by atoms with E-state index >= 15 is 0 Å². The van der Waals surface area contributed by atoms with Crippen molar-refractivity contribution >= 4 is 17.0 Å². The number of hydrogen-bond donors (Lipinski definition) is 0. The normalized spacial score (nSPS) is 18.8. The maximum atomic E-state index is 12.6. The molecule has 2 aromatic rings. The highest BCUT2D eigenvalue weighted by Crippen LogP contribution is 2.15. The zero-order chi connectivity index (χ0) is 15.5. The largest absolute Gasteiger partial charge is 0.420 e. The predicted molar refractivity (Wildman–Crippen MR) is 81.7 cm³/mol. The summed E-state index contributed by atoms with van der Waals surface area (Å²) in [5.74, 6) is -0.551. The Morgan fingerprint density at radius 1 is 1.36 bits per heavy atom. The number of rotatable bonds is 4. The van der Waals surface area contributed by atoms with Crippen LogP contribution in [0.4, 0.5) is 0 Å². The summed E-state index contributed by atoms with van der Waals surface area (Å²) in [5, 5.41) is 0. The minimum atomic E-state index is -0.491. The van der Waals surface area contributed by atoms with E-state index in [9.17, 15) is 9.59 Å². The molecule has 0 N–H and O–H groups in total. The average molecular weight is 304 g/mol. The molecule has 1 fully saturated rings. The first kappa shape index (κ1) is 14.8. The number of benzene rings is 1. The Balaban J connectivity index is 1.83. The van der Waals surface area contributed by atoms with Crippen molar-refractivity contribution in [1.82, 2.24) is 9.47 Å².